The fourth-order valence-corrected chi connectivity index (χ4v) is 4.35. The summed E-state index contributed by atoms with van der Waals surface area (Å²) in [7, 11) is 0. The molecule has 3 fully saturated rings. The Balaban J connectivity index is 1.40. The van der Waals surface area contributed by atoms with Gasteiger partial charge in [-0.1, -0.05) is 18.1 Å². The molecule has 2 bridgehead atoms. The summed E-state index contributed by atoms with van der Waals surface area (Å²) >= 11 is 0. The second-order valence-corrected chi connectivity index (χ2v) is 7.30. The molecule has 0 aromatic heterocycles. The summed E-state index contributed by atoms with van der Waals surface area (Å²) in [5.74, 6) is 2.09. The zero-order valence-corrected chi connectivity index (χ0v) is 12.7. The lowest BCUT2D eigenvalue weighted by Gasteiger charge is -2.35. The van der Waals surface area contributed by atoms with Crippen LogP contribution in [-0.4, -0.2) is 36.6 Å². The van der Waals surface area contributed by atoms with E-state index in [4.69, 9.17) is 0 Å². The largest absolute Gasteiger partial charge is 0.311 e. The molecule has 108 valence electrons. The van der Waals surface area contributed by atoms with Crippen LogP contribution in [0.4, 0.5) is 0 Å². The summed E-state index contributed by atoms with van der Waals surface area (Å²) in [4.78, 5) is 2.60. The van der Waals surface area contributed by atoms with Crippen LogP contribution in [0.2, 0.25) is 0 Å². The van der Waals surface area contributed by atoms with Crippen LogP contribution in [0, 0.1) is 11.8 Å². The Bertz CT molecular complexity index is 324. The molecule has 3 aliphatic rings. The fraction of sp³-hybridized carbons (Fsp3) is 0.882. The van der Waals surface area contributed by atoms with Crippen LogP contribution in [0.5, 0.6) is 0 Å². The predicted octanol–water partition coefficient (Wildman–Crippen LogP) is 3.20. The highest BCUT2D eigenvalue weighted by Crippen LogP contribution is 2.44. The molecule has 1 saturated heterocycles. The number of nitrogens with one attached hydrogen (secondary N) is 1. The number of hydrogen-bond acceptors (Lipinski definition) is 2. The van der Waals surface area contributed by atoms with E-state index in [1.165, 1.54) is 57.2 Å². The lowest BCUT2D eigenvalue weighted by molar-refractivity contribution is 0.194. The first-order valence-corrected chi connectivity index (χ1v) is 8.32. The van der Waals surface area contributed by atoms with Gasteiger partial charge in [-0.15, -0.1) is 0 Å². The average Bonchev–Trinajstić information content (AvgIpc) is 3.00. The molecule has 2 saturated carbocycles. The molecule has 0 aromatic carbocycles. The molecule has 2 heteroatoms. The minimum absolute atomic E-state index is 0.798. The van der Waals surface area contributed by atoms with Crippen molar-refractivity contribution < 1.29 is 0 Å². The predicted molar refractivity (Wildman–Crippen MR) is 81.3 cm³/mol. The fourth-order valence-electron chi connectivity index (χ4n) is 4.35. The number of allylic oxidation sites excluding steroid dienone is 1. The van der Waals surface area contributed by atoms with Gasteiger partial charge in [0.2, 0.25) is 0 Å². The van der Waals surface area contributed by atoms with Gasteiger partial charge < -0.3 is 5.32 Å². The van der Waals surface area contributed by atoms with Gasteiger partial charge in [-0.3, -0.25) is 4.90 Å². The zero-order valence-electron chi connectivity index (χ0n) is 12.7. The smallest absolute Gasteiger partial charge is 0.0165 e. The monoisotopic (exact) mass is 262 g/mol. The number of fused-ring (bicyclic) bond motifs is 2. The van der Waals surface area contributed by atoms with Crippen molar-refractivity contribution in [3.63, 3.8) is 0 Å². The van der Waals surface area contributed by atoms with Crippen molar-refractivity contribution in [1.82, 2.24) is 10.2 Å². The Kier molecular flexibility index (Phi) is 4.28. The van der Waals surface area contributed by atoms with E-state index >= 15 is 0 Å². The highest BCUT2D eigenvalue weighted by Gasteiger charge is 2.40. The van der Waals surface area contributed by atoms with Gasteiger partial charge >= 0.3 is 0 Å². The highest BCUT2D eigenvalue weighted by molar-refractivity contribution is 4.97. The quantitative estimate of drug-likeness (QED) is 0.783. The average molecular weight is 262 g/mol. The lowest BCUT2D eigenvalue weighted by Crippen LogP contribution is -2.47. The van der Waals surface area contributed by atoms with E-state index in [0.29, 0.717) is 0 Å². The van der Waals surface area contributed by atoms with E-state index in [1.807, 2.05) is 0 Å². The van der Waals surface area contributed by atoms with E-state index in [1.54, 1.807) is 0 Å². The van der Waals surface area contributed by atoms with Crippen LogP contribution >= 0.6 is 0 Å². The Morgan fingerprint density at radius 2 is 1.89 bits per heavy atom. The number of nitrogens with zero attached hydrogens (tertiary/aromatic N) is 1. The molecule has 3 rings (SSSR count). The van der Waals surface area contributed by atoms with Crippen molar-refractivity contribution in [2.75, 3.05) is 19.6 Å². The van der Waals surface area contributed by atoms with Crippen molar-refractivity contribution >= 4 is 0 Å². The van der Waals surface area contributed by atoms with Gasteiger partial charge in [0.25, 0.3) is 0 Å². The SMILES string of the molecule is CC(C)=CCN1CCC(NC2CC3CCC2C3)CC1. The van der Waals surface area contributed by atoms with Gasteiger partial charge in [0.15, 0.2) is 0 Å². The van der Waals surface area contributed by atoms with Crippen molar-refractivity contribution in [1.29, 1.82) is 0 Å². The van der Waals surface area contributed by atoms with Crippen molar-refractivity contribution in [3.05, 3.63) is 11.6 Å². The number of piperidine rings is 1. The Morgan fingerprint density at radius 1 is 1.11 bits per heavy atom. The second-order valence-electron chi connectivity index (χ2n) is 7.30. The molecule has 2 aliphatic carbocycles. The van der Waals surface area contributed by atoms with Gasteiger partial charge in [0.05, 0.1) is 0 Å². The molecule has 2 nitrogen and oxygen atoms in total. The molecule has 3 unspecified atom stereocenters. The maximum absolute atomic E-state index is 3.99. The highest BCUT2D eigenvalue weighted by atomic mass is 15.1. The molecule has 0 spiro atoms. The Hall–Kier alpha value is -0.340. The molecular formula is C17H30N2. The van der Waals surface area contributed by atoms with Gasteiger partial charge in [0.1, 0.15) is 0 Å². The molecule has 1 heterocycles. The first-order chi connectivity index (χ1) is 9.20. The molecule has 0 amide bonds. The number of hydrogen-bond donors (Lipinski definition) is 1. The third-order valence-electron chi connectivity index (χ3n) is 5.53. The van der Waals surface area contributed by atoms with Crippen LogP contribution in [0.25, 0.3) is 0 Å². The van der Waals surface area contributed by atoms with E-state index in [9.17, 15) is 0 Å². The first kappa shape index (κ1) is 13.6. The maximum atomic E-state index is 3.99. The maximum Gasteiger partial charge on any atom is 0.0165 e. The summed E-state index contributed by atoms with van der Waals surface area (Å²) < 4.78 is 0. The molecule has 0 aromatic rings. The second kappa shape index (κ2) is 5.97. The lowest BCUT2D eigenvalue weighted by atomic mass is 9.93. The van der Waals surface area contributed by atoms with Crippen LogP contribution in [0.1, 0.15) is 52.4 Å². The molecule has 1 N–H and O–H groups in total. The summed E-state index contributed by atoms with van der Waals surface area (Å²) in [6.45, 7) is 8.11. The summed E-state index contributed by atoms with van der Waals surface area (Å²) in [5, 5.41) is 3.99. The molecule has 3 atom stereocenters. The van der Waals surface area contributed by atoms with E-state index in [0.717, 1.165) is 30.5 Å². The Labute approximate surface area is 118 Å². The van der Waals surface area contributed by atoms with Crippen LogP contribution in [0.15, 0.2) is 11.6 Å². The summed E-state index contributed by atoms with van der Waals surface area (Å²) in [6, 6.07) is 1.67. The topological polar surface area (TPSA) is 15.3 Å². The minimum atomic E-state index is 0.798. The van der Waals surface area contributed by atoms with E-state index < -0.39 is 0 Å². The van der Waals surface area contributed by atoms with Gasteiger partial charge in [-0.25, -0.2) is 0 Å². The number of rotatable bonds is 4. The summed E-state index contributed by atoms with van der Waals surface area (Å²) in [6.07, 6.45) is 11.1. The standard InChI is InChI=1S/C17H30N2/c1-13(2)5-8-19-9-6-16(7-10-19)18-17-12-14-3-4-15(17)11-14/h5,14-18H,3-4,6-12H2,1-2H3. The van der Waals surface area contributed by atoms with Gasteiger partial charge in [0, 0.05) is 18.6 Å². The first-order valence-electron chi connectivity index (χ1n) is 8.32. The minimum Gasteiger partial charge on any atom is -0.311 e. The van der Waals surface area contributed by atoms with Gasteiger partial charge in [-0.2, -0.15) is 0 Å². The van der Waals surface area contributed by atoms with Gasteiger partial charge in [-0.05, 0) is 70.9 Å². The van der Waals surface area contributed by atoms with Crippen molar-refractivity contribution in [2.45, 2.75) is 64.5 Å². The third-order valence-corrected chi connectivity index (χ3v) is 5.53. The van der Waals surface area contributed by atoms with Crippen LogP contribution in [-0.2, 0) is 0 Å². The van der Waals surface area contributed by atoms with E-state index in [2.05, 4.69) is 30.1 Å². The van der Waals surface area contributed by atoms with E-state index in [-0.39, 0.29) is 0 Å². The summed E-state index contributed by atoms with van der Waals surface area (Å²) in [5.41, 5.74) is 1.45. The number of likely N-dealkylation sites (tertiary alicyclic amines) is 1. The van der Waals surface area contributed by atoms with Crippen LogP contribution < -0.4 is 5.32 Å². The normalized spacial score (nSPS) is 35.8. The third kappa shape index (κ3) is 3.41. The van der Waals surface area contributed by atoms with Crippen molar-refractivity contribution in [2.24, 2.45) is 11.8 Å². The van der Waals surface area contributed by atoms with Crippen molar-refractivity contribution in [3.8, 4) is 0 Å². The van der Waals surface area contributed by atoms with Crippen LogP contribution in [0.3, 0.4) is 0 Å². The molecule has 0 radical (unpaired) electrons. The molecule has 1 aliphatic heterocycles. The zero-order chi connectivity index (χ0) is 13.2. The Morgan fingerprint density at radius 3 is 2.47 bits per heavy atom. The molecular weight excluding hydrogens is 232 g/mol. The molecule has 19 heavy (non-hydrogen) atoms.